The second kappa shape index (κ2) is 8.54. The van der Waals surface area contributed by atoms with E-state index >= 15 is 0 Å². The zero-order valence-electron chi connectivity index (χ0n) is 18.8. The van der Waals surface area contributed by atoms with Crippen LogP contribution in [-0.2, 0) is 23.7 Å². The fourth-order valence-electron chi connectivity index (χ4n) is 3.64. The van der Waals surface area contributed by atoms with Gasteiger partial charge in [0.1, 0.15) is 0 Å². The molecule has 0 saturated heterocycles. The van der Waals surface area contributed by atoms with Gasteiger partial charge in [0.05, 0.1) is 5.41 Å². The van der Waals surface area contributed by atoms with Gasteiger partial charge in [-0.2, -0.15) is 0 Å². The lowest BCUT2D eigenvalue weighted by atomic mass is 9.76. The van der Waals surface area contributed by atoms with Gasteiger partial charge in [-0.05, 0) is 52.8 Å². The lowest BCUT2D eigenvalue weighted by molar-refractivity contribution is 0.407. The van der Waals surface area contributed by atoms with Crippen LogP contribution in [0.15, 0.2) is 48.5 Å². The molecular weight excluding hydrogens is 338 g/mol. The average molecular weight is 376 g/mol. The largest absolute Gasteiger partial charge is 0.329 e. The van der Waals surface area contributed by atoms with Crippen LogP contribution < -0.4 is 5.73 Å². The first-order valence-electron chi connectivity index (χ1n) is 10.3. The summed E-state index contributed by atoms with van der Waals surface area (Å²) in [4.78, 5) is 0. The number of rotatable bonds is 5. The Morgan fingerprint density at radius 1 is 0.679 bits per heavy atom. The number of benzene rings is 2. The summed E-state index contributed by atoms with van der Waals surface area (Å²) in [6.45, 7) is 15.9. The summed E-state index contributed by atoms with van der Waals surface area (Å²) in [6.07, 6.45) is 1.74. The second-order valence-corrected chi connectivity index (χ2v) is 10.1. The Labute approximate surface area is 172 Å². The molecule has 2 N–H and O–H groups in total. The summed E-state index contributed by atoms with van der Waals surface area (Å²) in [5.41, 5.74) is 11.7. The first-order chi connectivity index (χ1) is 13.0. The molecule has 1 nitrogen and oxygen atoms in total. The van der Waals surface area contributed by atoms with E-state index in [9.17, 15) is 0 Å². The van der Waals surface area contributed by atoms with E-state index in [2.05, 4.69) is 102 Å². The van der Waals surface area contributed by atoms with Gasteiger partial charge in [-0.1, -0.05) is 96.0 Å². The van der Waals surface area contributed by atoms with Crippen molar-refractivity contribution in [1.82, 2.24) is 0 Å². The normalized spacial score (nSPS) is 12.4. The van der Waals surface area contributed by atoms with E-state index in [0.29, 0.717) is 6.54 Å². The molecule has 0 fully saturated rings. The van der Waals surface area contributed by atoms with Crippen LogP contribution in [0.25, 0.3) is 0 Å². The van der Waals surface area contributed by atoms with Crippen molar-refractivity contribution in [1.29, 1.82) is 0 Å². The Morgan fingerprint density at radius 2 is 1.04 bits per heavy atom. The van der Waals surface area contributed by atoms with Crippen molar-refractivity contribution in [2.75, 3.05) is 6.54 Å². The van der Waals surface area contributed by atoms with Crippen molar-refractivity contribution < 1.29 is 0 Å². The molecule has 0 aromatic heterocycles. The highest BCUT2D eigenvalue weighted by Gasteiger charge is 2.28. The minimum absolute atomic E-state index is 0.168. The third-order valence-corrected chi connectivity index (χ3v) is 5.51. The highest BCUT2D eigenvalue weighted by Crippen LogP contribution is 2.30. The molecule has 2 aromatic rings. The maximum atomic E-state index is 6.29. The quantitative estimate of drug-likeness (QED) is 0.634. The number of nitrogens with two attached hydrogens (primary N) is 1. The van der Waals surface area contributed by atoms with Crippen LogP contribution >= 0.6 is 0 Å². The third kappa shape index (κ3) is 5.73. The van der Waals surface area contributed by atoms with E-state index in [1.54, 1.807) is 0 Å². The van der Waals surface area contributed by atoms with Gasteiger partial charge in [-0.3, -0.25) is 0 Å². The maximum Gasteiger partial charge on any atom is 0.0516 e. The van der Waals surface area contributed by atoms with Crippen LogP contribution in [0.5, 0.6) is 0 Å². The SMILES string of the molecule is CC#CC(CN)(Cc1ccc(C(C)(C)C)cc1)Cc1ccc(C(C)(C)C)cc1. The van der Waals surface area contributed by atoms with Crippen molar-refractivity contribution in [3.8, 4) is 11.8 Å². The predicted molar refractivity (Wildman–Crippen MR) is 123 cm³/mol. The Bertz CT molecular complexity index is 756. The molecule has 0 bridgehead atoms. The van der Waals surface area contributed by atoms with Crippen LogP contribution in [-0.4, -0.2) is 6.54 Å². The fourth-order valence-corrected chi connectivity index (χ4v) is 3.64. The first-order valence-corrected chi connectivity index (χ1v) is 10.3. The fraction of sp³-hybridized carbons (Fsp3) is 0.481. The standard InChI is InChI=1S/C27H37N/c1-8-17-27(20-28,18-21-9-13-23(14-10-21)25(2,3)4)19-22-11-15-24(16-12-22)26(5,6)7/h9-16H,18-20,28H2,1-7H3. The van der Waals surface area contributed by atoms with E-state index in [-0.39, 0.29) is 16.2 Å². The molecule has 0 amide bonds. The molecule has 0 aliphatic rings. The smallest absolute Gasteiger partial charge is 0.0516 e. The minimum Gasteiger partial charge on any atom is -0.329 e. The Kier molecular flexibility index (Phi) is 6.79. The van der Waals surface area contributed by atoms with Gasteiger partial charge in [0.25, 0.3) is 0 Å². The molecule has 0 unspecified atom stereocenters. The summed E-state index contributed by atoms with van der Waals surface area (Å²) in [5.74, 6) is 6.60. The second-order valence-electron chi connectivity index (χ2n) is 10.1. The average Bonchev–Trinajstić information content (AvgIpc) is 2.61. The van der Waals surface area contributed by atoms with Crippen molar-refractivity contribution in [3.05, 3.63) is 70.8 Å². The predicted octanol–water partition coefficient (Wildman–Crippen LogP) is 6.04. The Hall–Kier alpha value is -2.04. The molecule has 0 atom stereocenters. The Morgan fingerprint density at radius 3 is 1.29 bits per heavy atom. The molecule has 0 radical (unpaired) electrons. The zero-order valence-corrected chi connectivity index (χ0v) is 18.8. The van der Waals surface area contributed by atoms with E-state index in [1.807, 2.05) is 6.92 Å². The summed E-state index contributed by atoms with van der Waals surface area (Å²) in [6, 6.07) is 17.9. The van der Waals surface area contributed by atoms with Gasteiger partial charge in [0, 0.05) is 6.54 Å². The van der Waals surface area contributed by atoms with Crippen LogP contribution in [0.4, 0.5) is 0 Å². The van der Waals surface area contributed by atoms with Crippen molar-refractivity contribution in [2.24, 2.45) is 11.1 Å². The topological polar surface area (TPSA) is 26.0 Å². The zero-order chi connectivity index (χ0) is 21.0. The highest BCUT2D eigenvalue weighted by atomic mass is 14.6. The van der Waals surface area contributed by atoms with E-state index in [4.69, 9.17) is 5.73 Å². The summed E-state index contributed by atoms with van der Waals surface area (Å²) in [7, 11) is 0. The molecule has 0 aliphatic heterocycles. The summed E-state index contributed by atoms with van der Waals surface area (Å²) < 4.78 is 0. The van der Waals surface area contributed by atoms with Gasteiger partial charge in [0.2, 0.25) is 0 Å². The van der Waals surface area contributed by atoms with Gasteiger partial charge in [0.15, 0.2) is 0 Å². The molecule has 0 spiro atoms. The lowest BCUT2D eigenvalue weighted by Gasteiger charge is -2.28. The molecule has 0 aliphatic carbocycles. The molecular formula is C27H37N. The van der Waals surface area contributed by atoms with Crippen molar-refractivity contribution in [3.63, 3.8) is 0 Å². The van der Waals surface area contributed by atoms with E-state index in [0.717, 1.165) is 12.8 Å². The van der Waals surface area contributed by atoms with Crippen molar-refractivity contribution in [2.45, 2.75) is 72.1 Å². The third-order valence-electron chi connectivity index (χ3n) is 5.51. The van der Waals surface area contributed by atoms with Gasteiger partial charge >= 0.3 is 0 Å². The molecule has 28 heavy (non-hydrogen) atoms. The molecule has 1 heteroatoms. The van der Waals surface area contributed by atoms with Crippen LogP contribution in [0.2, 0.25) is 0 Å². The molecule has 0 saturated carbocycles. The minimum atomic E-state index is -0.235. The van der Waals surface area contributed by atoms with Crippen molar-refractivity contribution >= 4 is 0 Å². The summed E-state index contributed by atoms with van der Waals surface area (Å²) in [5, 5.41) is 0. The molecule has 0 heterocycles. The van der Waals surface area contributed by atoms with Gasteiger partial charge in [-0.25, -0.2) is 0 Å². The molecule has 2 rings (SSSR count). The maximum absolute atomic E-state index is 6.29. The highest BCUT2D eigenvalue weighted by molar-refractivity contribution is 5.33. The van der Waals surface area contributed by atoms with Crippen LogP contribution in [0.3, 0.4) is 0 Å². The van der Waals surface area contributed by atoms with Gasteiger partial charge in [-0.15, -0.1) is 5.92 Å². The van der Waals surface area contributed by atoms with Crippen LogP contribution in [0.1, 0.15) is 70.7 Å². The van der Waals surface area contributed by atoms with E-state index < -0.39 is 0 Å². The number of hydrogen-bond donors (Lipinski definition) is 1. The Balaban J connectivity index is 2.27. The molecule has 2 aromatic carbocycles. The number of hydrogen-bond acceptors (Lipinski definition) is 1. The van der Waals surface area contributed by atoms with E-state index in [1.165, 1.54) is 22.3 Å². The lowest BCUT2D eigenvalue weighted by Crippen LogP contribution is -2.34. The summed E-state index contributed by atoms with van der Waals surface area (Å²) >= 11 is 0. The monoisotopic (exact) mass is 375 g/mol. The van der Waals surface area contributed by atoms with Gasteiger partial charge < -0.3 is 5.73 Å². The van der Waals surface area contributed by atoms with Crippen LogP contribution in [0, 0.1) is 17.3 Å². The molecule has 150 valence electrons. The first kappa shape index (κ1) is 22.3.